The normalized spacial score (nSPS) is 10.9. The van der Waals surface area contributed by atoms with E-state index in [4.69, 9.17) is 4.74 Å². The Morgan fingerprint density at radius 3 is 2.59 bits per heavy atom. The Labute approximate surface area is 189 Å². The third kappa shape index (κ3) is 7.08. The number of rotatable bonds is 7. The van der Waals surface area contributed by atoms with E-state index in [-0.39, 0.29) is 24.0 Å². The fraction of sp³-hybridized carbons (Fsp3) is 0.273. The van der Waals surface area contributed by atoms with Crippen molar-refractivity contribution in [2.75, 3.05) is 13.6 Å². The van der Waals surface area contributed by atoms with Gasteiger partial charge in [-0.2, -0.15) is 0 Å². The second-order valence-electron chi connectivity index (χ2n) is 6.62. The molecule has 3 rings (SSSR count). The summed E-state index contributed by atoms with van der Waals surface area (Å²) in [5.41, 5.74) is 3.52. The maximum absolute atomic E-state index is 5.91. The highest BCUT2D eigenvalue weighted by molar-refractivity contribution is 14.0. The minimum absolute atomic E-state index is 0. The average molecular weight is 505 g/mol. The third-order valence-corrected chi connectivity index (χ3v) is 4.51. The highest BCUT2D eigenvalue weighted by atomic mass is 127. The highest BCUT2D eigenvalue weighted by Crippen LogP contribution is 2.22. The van der Waals surface area contributed by atoms with Crippen LogP contribution in [0.2, 0.25) is 0 Å². The molecule has 2 heterocycles. The van der Waals surface area contributed by atoms with Gasteiger partial charge in [0.25, 0.3) is 0 Å². The predicted molar refractivity (Wildman–Crippen MR) is 128 cm³/mol. The molecule has 29 heavy (non-hydrogen) atoms. The molecule has 3 aromatic rings. The fourth-order valence-corrected chi connectivity index (χ4v) is 2.74. The molecule has 1 aromatic carbocycles. The van der Waals surface area contributed by atoms with Gasteiger partial charge in [0.2, 0.25) is 5.88 Å². The lowest BCUT2D eigenvalue weighted by molar-refractivity contribution is 0.461. The molecule has 0 aliphatic rings. The third-order valence-electron chi connectivity index (χ3n) is 4.51. The molecule has 154 valence electrons. The minimum atomic E-state index is 0. The van der Waals surface area contributed by atoms with Crippen LogP contribution < -0.4 is 15.4 Å². The van der Waals surface area contributed by atoms with Gasteiger partial charge in [-0.3, -0.25) is 4.99 Å². The molecule has 0 radical (unpaired) electrons. The van der Waals surface area contributed by atoms with Crippen LogP contribution in [-0.2, 0) is 13.1 Å². The molecule has 0 atom stereocenters. The largest absolute Gasteiger partial charge is 0.439 e. The van der Waals surface area contributed by atoms with Crippen LogP contribution in [0.25, 0.3) is 0 Å². The molecule has 6 nitrogen and oxygen atoms in total. The molecule has 0 bridgehead atoms. The van der Waals surface area contributed by atoms with Crippen molar-refractivity contribution in [2.45, 2.75) is 26.9 Å². The zero-order chi connectivity index (χ0) is 19.8. The number of halogens is 1. The van der Waals surface area contributed by atoms with Crippen molar-refractivity contribution in [3.63, 3.8) is 0 Å². The van der Waals surface area contributed by atoms with Crippen molar-refractivity contribution < 1.29 is 4.74 Å². The van der Waals surface area contributed by atoms with Gasteiger partial charge in [0.1, 0.15) is 5.75 Å². The molecule has 0 amide bonds. The SMILES string of the molecule is CN=C(NCCn1cccc1)NCc1ccnc(Oc2ccc(C)c(C)c2)c1.I. The van der Waals surface area contributed by atoms with Gasteiger partial charge in [-0.25, -0.2) is 4.98 Å². The Morgan fingerprint density at radius 2 is 1.86 bits per heavy atom. The van der Waals surface area contributed by atoms with Gasteiger partial charge in [-0.1, -0.05) is 6.07 Å². The maximum Gasteiger partial charge on any atom is 0.219 e. The number of guanidine groups is 1. The number of ether oxygens (including phenoxy) is 1. The summed E-state index contributed by atoms with van der Waals surface area (Å²) in [5, 5.41) is 6.63. The summed E-state index contributed by atoms with van der Waals surface area (Å²) in [6.45, 7) is 6.48. The van der Waals surface area contributed by atoms with Gasteiger partial charge in [-0.15, -0.1) is 24.0 Å². The molecule has 0 unspecified atom stereocenters. The van der Waals surface area contributed by atoms with Crippen molar-refractivity contribution >= 4 is 29.9 Å². The van der Waals surface area contributed by atoms with E-state index in [1.165, 1.54) is 11.1 Å². The molecule has 0 spiro atoms. The topological polar surface area (TPSA) is 63.5 Å². The second-order valence-corrected chi connectivity index (χ2v) is 6.62. The molecule has 0 saturated carbocycles. The maximum atomic E-state index is 5.91. The van der Waals surface area contributed by atoms with Crippen LogP contribution in [-0.4, -0.2) is 29.1 Å². The Kier molecular flexibility index (Phi) is 8.98. The summed E-state index contributed by atoms with van der Waals surface area (Å²) < 4.78 is 8.03. The molecule has 2 N–H and O–H groups in total. The van der Waals surface area contributed by atoms with Gasteiger partial charge in [0.05, 0.1) is 0 Å². The van der Waals surface area contributed by atoms with Gasteiger partial charge in [-0.05, 0) is 60.9 Å². The number of hydrogen-bond donors (Lipinski definition) is 2. The first-order valence-corrected chi connectivity index (χ1v) is 9.39. The number of aryl methyl sites for hydroxylation is 2. The number of hydrogen-bond acceptors (Lipinski definition) is 3. The number of benzene rings is 1. The Hall–Kier alpha value is -2.55. The first kappa shape index (κ1) is 22.7. The van der Waals surface area contributed by atoms with Crippen LogP contribution in [0, 0.1) is 13.8 Å². The van der Waals surface area contributed by atoms with E-state index in [0.29, 0.717) is 12.4 Å². The lowest BCUT2D eigenvalue weighted by Crippen LogP contribution is -2.38. The predicted octanol–water partition coefficient (Wildman–Crippen LogP) is 4.28. The summed E-state index contributed by atoms with van der Waals surface area (Å²) >= 11 is 0. The number of aliphatic imine (C=N–C) groups is 1. The number of aromatic nitrogens is 2. The van der Waals surface area contributed by atoms with E-state index in [1.54, 1.807) is 13.2 Å². The molecule has 0 fully saturated rings. The summed E-state index contributed by atoms with van der Waals surface area (Å²) in [7, 11) is 1.77. The van der Waals surface area contributed by atoms with Gasteiger partial charge in [0.15, 0.2) is 5.96 Å². The molecule has 0 saturated heterocycles. The lowest BCUT2D eigenvalue weighted by Gasteiger charge is -2.13. The van der Waals surface area contributed by atoms with Crippen LogP contribution in [0.5, 0.6) is 11.6 Å². The van der Waals surface area contributed by atoms with Crippen molar-refractivity contribution in [1.29, 1.82) is 0 Å². The lowest BCUT2D eigenvalue weighted by atomic mass is 10.1. The first-order valence-electron chi connectivity index (χ1n) is 9.39. The first-order chi connectivity index (χ1) is 13.6. The van der Waals surface area contributed by atoms with Crippen LogP contribution in [0.3, 0.4) is 0 Å². The molecular formula is C22H28IN5O. The standard InChI is InChI=1S/C22H27N5O.HI/c1-17-6-7-20(14-18(17)2)28-21-15-19(8-9-24-21)16-26-22(23-3)25-10-13-27-11-4-5-12-27;/h4-9,11-12,14-15H,10,13,16H2,1-3H3,(H2,23,25,26);1H. The van der Waals surface area contributed by atoms with E-state index >= 15 is 0 Å². The van der Waals surface area contributed by atoms with Gasteiger partial charge < -0.3 is 19.9 Å². The monoisotopic (exact) mass is 505 g/mol. The van der Waals surface area contributed by atoms with Gasteiger partial charge >= 0.3 is 0 Å². The minimum Gasteiger partial charge on any atom is -0.439 e. The van der Waals surface area contributed by atoms with Crippen LogP contribution >= 0.6 is 24.0 Å². The Balaban J connectivity index is 0.00000300. The average Bonchev–Trinajstić information content (AvgIpc) is 3.21. The van der Waals surface area contributed by atoms with E-state index in [1.807, 2.05) is 48.8 Å². The number of nitrogens with zero attached hydrogens (tertiary/aromatic N) is 3. The van der Waals surface area contributed by atoms with Crippen molar-refractivity contribution in [2.24, 2.45) is 4.99 Å². The van der Waals surface area contributed by atoms with Crippen molar-refractivity contribution in [3.05, 3.63) is 77.7 Å². The second kappa shape index (κ2) is 11.5. The van der Waals surface area contributed by atoms with Gasteiger partial charge in [0, 0.05) is 51.3 Å². The van der Waals surface area contributed by atoms with E-state index in [2.05, 4.69) is 45.1 Å². The summed E-state index contributed by atoms with van der Waals surface area (Å²) in [6, 6.07) is 14.0. The molecule has 0 aliphatic carbocycles. The summed E-state index contributed by atoms with van der Waals surface area (Å²) in [6.07, 6.45) is 5.85. The van der Waals surface area contributed by atoms with E-state index in [0.717, 1.165) is 30.4 Å². The fourth-order valence-electron chi connectivity index (χ4n) is 2.74. The van der Waals surface area contributed by atoms with E-state index in [9.17, 15) is 0 Å². The Bertz CT molecular complexity index is 925. The van der Waals surface area contributed by atoms with E-state index < -0.39 is 0 Å². The molecule has 2 aromatic heterocycles. The smallest absolute Gasteiger partial charge is 0.219 e. The number of nitrogens with one attached hydrogen (secondary N) is 2. The summed E-state index contributed by atoms with van der Waals surface area (Å²) in [4.78, 5) is 8.58. The quantitative estimate of drug-likeness (QED) is 0.286. The van der Waals surface area contributed by atoms with Crippen LogP contribution in [0.15, 0.2) is 66.0 Å². The molecule has 0 aliphatic heterocycles. The highest BCUT2D eigenvalue weighted by Gasteiger charge is 2.04. The number of pyridine rings is 1. The Morgan fingerprint density at radius 1 is 1.07 bits per heavy atom. The molecular weight excluding hydrogens is 477 g/mol. The zero-order valence-electron chi connectivity index (χ0n) is 17.1. The van der Waals surface area contributed by atoms with Crippen molar-refractivity contribution in [3.8, 4) is 11.6 Å². The summed E-state index contributed by atoms with van der Waals surface area (Å²) in [5.74, 6) is 2.14. The zero-order valence-corrected chi connectivity index (χ0v) is 19.4. The van der Waals surface area contributed by atoms with Crippen LogP contribution in [0.1, 0.15) is 16.7 Å². The van der Waals surface area contributed by atoms with Crippen LogP contribution in [0.4, 0.5) is 0 Å². The van der Waals surface area contributed by atoms with Crippen molar-refractivity contribution in [1.82, 2.24) is 20.2 Å². The molecule has 7 heteroatoms.